The molecule has 0 amide bonds. The fraction of sp³-hybridized carbons (Fsp3) is 0.250. The van der Waals surface area contributed by atoms with Gasteiger partial charge in [0.2, 0.25) is 10.0 Å². The molecule has 0 aliphatic carbocycles. The van der Waals surface area contributed by atoms with Gasteiger partial charge < -0.3 is 0 Å². The number of sulfonamides is 1. The number of benzene rings is 1. The molecular weight excluding hydrogens is 206 g/mol. The van der Waals surface area contributed by atoms with E-state index in [-0.39, 0.29) is 9.79 Å². The Morgan fingerprint density at radius 1 is 1.46 bits per heavy atom. The van der Waals surface area contributed by atoms with Crippen LogP contribution in [0, 0.1) is 0 Å². The molecule has 1 radical (unpaired) electrons. The molecule has 1 aromatic carbocycles. The Balaban J connectivity index is 3.36. The average molecular weight is 216 g/mol. The minimum Gasteiger partial charge on any atom is -0.225 e. The van der Waals surface area contributed by atoms with Crippen LogP contribution in [0.25, 0.3) is 0 Å². The zero-order valence-electron chi connectivity index (χ0n) is 7.15. The van der Waals surface area contributed by atoms with E-state index >= 15 is 0 Å². The molecule has 0 spiro atoms. The second-order valence-electron chi connectivity index (χ2n) is 2.68. The van der Waals surface area contributed by atoms with Crippen LogP contribution in [0.4, 0.5) is 0 Å². The summed E-state index contributed by atoms with van der Waals surface area (Å²) in [6.45, 7) is 1.94. The summed E-state index contributed by atoms with van der Waals surface area (Å²) in [5.74, 6) is 0. The fourth-order valence-electron chi connectivity index (χ4n) is 0.995. The fourth-order valence-corrected chi connectivity index (χ4v) is 2.13. The highest BCUT2D eigenvalue weighted by Crippen LogP contribution is 2.19. The Morgan fingerprint density at radius 3 is 2.54 bits per heavy atom. The van der Waals surface area contributed by atoms with E-state index in [0.717, 1.165) is 12.0 Å². The molecule has 3 nitrogen and oxygen atoms in total. The van der Waals surface area contributed by atoms with Gasteiger partial charge in [0, 0.05) is 0 Å². The average Bonchev–Trinajstić information content (AvgIpc) is 2.03. The van der Waals surface area contributed by atoms with Crippen molar-refractivity contribution in [3.8, 4) is 0 Å². The predicted octanol–water partition coefficient (Wildman–Crippen LogP) is 1.45. The van der Waals surface area contributed by atoms with Gasteiger partial charge in [-0.05, 0) is 24.1 Å². The minimum atomic E-state index is -3.67. The van der Waals surface area contributed by atoms with Crippen LogP contribution in [0.2, 0.25) is 0 Å². The number of hydrogen-bond donors (Lipinski definition) is 1. The van der Waals surface area contributed by atoms with Gasteiger partial charge in [-0.15, -0.1) is 0 Å². The summed E-state index contributed by atoms with van der Waals surface area (Å²) in [5, 5.41) is 4.99. The third-order valence-corrected chi connectivity index (χ3v) is 3.16. The van der Waals surface area contributed by atoms with Crippen molar-refractivity contribution in [2.75, 3.05) is 0 Å². The molecule has 1 aromatic rings. The van der Waals surface area contributed by atoms with Crippen molar-refractivity contribution in [2.24, 2.45) is 5.14 Å². The predicted molar refractivity (Wildman–Crippen MR) is 53.1 cm³/mol. The molecule has 5 heteroatoms. The molecule has 0 saturated heterocycles. The van der Waals surface area contributed by atoms with Crippen molar-refractivity contribution in [3.05, 3.63) is 23.8 Å². The van der Waals surface area contributed by atoms with Gasteiger partial charge in [-0.2, -0.15) is 0 Å². The molecule has 2 N–H and O–H groups in total. The summed E-state index contributed by atoms with van der Waals surface area (Å²) < 4.78 is 22.1. The second kappa shape index (κ2) is 3.61. The summed E-state index contributed by atoms with van der Waals surface area (Å²) in [6.07, 6.45) is 0.762. The van der Waals surface area contributed by atoms with Crippen molar-refractivity contribution < 1.29 is 8.42 Å². The molecule has 13 heavy (non-hydrogen) atoms. The van der Waals surface area contributed by atoms with E-state index in [1.807, 2.05) is 6.92 Å². The van der Waals surface area contributed by atoms with E-state index in [9.17, 15) is 8.42 Å². The van der Waals surface area contributed by atoms with Gasteiger partial charge in [-0.25, -0.2) is 13.6 Å². The third kappa shape index (κ3) is 2.40. The van der Waals surface area contributed by atoms with E-state index in [0.29, 0.717) is 0 Å². The first-order valence-corrected chi connectivity index (χ1v) is 5.73. The number of nitrogens with two attached hydrogens (primary N) is 1. The van der Waals surface area contributed by atoms with Crippen LogP contribution >= 0.6 is 12.6 Å². The molecule has 0 aliphatic heterocycles. The van der Waals surface area contributed by atoms with Crippen LogP contribution in [0.5, 0.6) is 0 Å². The summed E-state index contributed by atoms with van der Waals surface area (Å²) in [7, 11) is -3.67. The Morgan fingerprint density at radius 2 is 2.08 bits per heavy atom. The number of hydrogen-bond acceptors (Lipinski definition) is 2. The smallest absolute Gasteiger partial charge is 0.225 e. The first-order chi connectivity index (χ1) is 5.95. The van der Waals surface area contributed by atoms with Crippen molar-refractivity contribution in [1.29, 1.82) is 0 Å². The van der Waals surface area contributed by atoms with Gasteiger partial charge in [0.15, 0.2) is 0 Å². The van der Waals surface area contributed by atoms with E-state index in [2.05, 4.69) is 0 Å². The Kier molecular flexibility index (Phi) is 2.90. The van der Waals surface area contributed by atoms with Gasteiger partial charge in [0.25, 0.3) is 0 Å². The van der Waals surface area contributed by atoms with Crippen molar-refractivity contribution in [2.45, 2.75) is 23.1 Å². The summed E-state index contributed by atoms with van der Waals surface area (Å²) in [6, 6.07) is 4.92. The molecule has 0 bridgehead atoms. The number of aryl methyl sites for hydroxylation is 1. The molecule has 0 aliphatic rings. The lowest BCUT2D eigenvalue weighted by Crippen LogP contribution is -2.13. The highest BCUT2D eigenvalue weighted by atomic mass is 32.2. The highest BCUT2D eigenvalue weighted by Gasteiger charge is 2.12. The van der Waals surface area contributed by atoms with Crippen LogP contribution < -0.4 is 5.14 Å². The van der Waals surface area contributed by atoms with Crippen molar-refractivity contribution in [3.63, 3.8) is 0 Å². The second-order valence-corrected chi connectivity index (χ2v) is 4.65. The Bertz CT molecular complexity index is 412. The molecule has 1 rings (SSSR count). The van der Waals surface area contributed by atoms with Crippen molar-refractivity contribution >= 4 is 22.7 Å². The van der Waals surface area contributed by atoms with Gasteiger partial charge >= 0.3 is 0 Å². The van der Waals surface area contributed by atoms with Gasteiger partial charge in [0.1, 0.15) is 4.90 Å². The van der Waals surface area contributed by atoms with Crippen LogP contribution in [-0.2, 0) is 16.4 Å². The van der Waals surface area contributed by atoms with E-state index < -0.39 is 10.0 Å². The largest absolute Gasteiger partial charge is 0.239 e. The zero-order chi connectivity index (χ0) is 10.1. The maximum Gasteiger partial charge on any atom is 0.239 e. The third-order valence-electron chi connectivity index (χ3n) is 1.72. The lowest BCUT2D eigenvalue weighted by atomic mass is 10.2. The lowest BCUT2D eigenvalue weighted by Gasteiger charge is -2.03. The number of primary sulfonamides is 1. The summed E-state index contributed by atoms with van der Waals surface area (Å²) >= 11 is 4.85. The molecule has 0 saturated carbocycles. The normalized spacial score (nSPS) is 11.5. The van der Waals surface area contributed by atoms with Crippen LogP contribution in [0.1, 0.15) is 12.5 Å². The van der Waals surface area contributed by atoms with E-state index in [1.54, 1.807) is 12.1 Å². The maximum atomic E-state index is 11.0. The van der Waals surface area contributed by atoms with Gasteiger partial charge in [-0.3, -0.25) is 0 Å². The first kappa shape index (κ1) is 10.4. The molecule has 0 fully saturated rings. The maximum absolute atomic E-state index is 11.0. The van der Waals surface area contributed by atoms with E-state index in [4.69, 9.17) is 17.8 Å². The van der Waals surface area contributed by atoms with Gasteiger partial charge in [0.05, 0.1) is 4.90 Å². The number of rotatable bonds is 2. The minimum absolute atomic E-state index is 0.0434. The standard InChI is InChI=1S/C8H10NO2S2/c1-2-6-3-4-7(12)8(5-6)13(9,10)11/h3-5H,2H2,1H3,(H2,9,10,11). The molecule has 71 valence electrons. The Hall–Kier alpha value is -0.650. The monoisotopic (exact) mass is 216 g/mol. The van der Waals surface area contributed by atoms with Crippen LogP contribution in [0.15, 0.2) is 28.0 Å². The molecular formula is C8H10NO2S2. The molecule has 0 unspecified atom stereocenters. The quantitative estimate of drug-likeness (QED) is 0.813. The Labute approximate surface area is 83.4 Å². The van der Waals surface area contributed by atoms with Crippen molar-refractivity contribution in [1.82, 2.24) is 0 Å². The highest BCUT2D eigenvalue weighted by molar-refractivity contribution is 7.90. The van der Waals surface area contributed by atoms with Gasteiger partial charge in [-0.1, -0.05) is 25.6 Å². The summed E-state index contributed by atoms with van der Waals surface area (Å²) in [5.41, 5.74) is 0.914. The topological polar surface area (TPSA) is 60.2 Å². The summed E-state index contributed by atoms with van der Waals surface area (Å²) in [4.78, 5) is 0.321. The first-order valence-electron chi connectivity index (χ1n) is 3.78. The zero-order valence-corrected chi connectivity index (χ0v) is 8.78. The molecule has 0 aromatic heterocycles. The molecule has 0 atom stereocenters. The van der Waals surface area contributed by atoms with Crippen LogP contribution in [0.3, 0.4) is 0 Å². The van der Waals surface area contributed by atoms with Crippen LogP contribution in [-0.4, -0.2) is 8.42 Å². The SMILES string of the molecule is CCc1ccc([S])c(S(N)(=O)=O)c1. The lowest BCUT2D eigenvalue weighted by molar-refractivity contribution is 0.595. The van der Waals surface area contributed by atoms with E-state index in [1.165, 1.54) is 6.07 Å². The molecule has 0 heterocycles.